The molecule has 0 spiro atoms. The maximum atomic E-state index is 6.19. The normalized spacial score (nSPS) is 11.7. The SMILES string of the molecule is CCC(CC)(CBr)Cc1ccccc1Cl. The van der Waals surface area contributed by atoms with Crippen LogP contribution in [0.2, 0.25) is 5.02 Å². The van der Waals surface area contributed by atoms with E-state index >= 15 is 0 Å². The van der Waals surface area contributed by atoms with Crippen LogP contribution in [-0.4, -0.2) is 5.33 Å². The van der Waals surface area contributed by atoms with Crippen LogP contribution in [0.3, 0.4) is 0 Å². The van der Waals surface area contributed by atoms with Gasteiger partial charge in [0, 0.05) is 10.4 Å². The van der Waals surface area contributed by atoms with Gasteiger partial charge in [-0.05, 0) is 36.3 Å². The molecule has 0 heterocycles. The molecule has 0 bridgehead atoms. The molecular weight excluding hydrogens is 271 g/mol. The second kappa shape index (κ2) is 5.91. The summed E-state index contributed by atoms with van der Waals surface area (Å²) in [6.07, 6.45) is 3.42. The van der Waals surface area contributed by atoms with Gasteiger partial charge >= 0.3 is 0 Å². The third-order valence-electron chi connectivity index (χ3n) is 3.31. The maximum absolute atomic E-state index is 6.19. The molecule has 0 atom stereocenters. The van der Waals surface area contributed by atoms with Crippen LogP contribution in [0.1, 0.15) is 32.3 Å². The van der Waals surface area contributed by atoms with Crippen molar-refractivity contribution in [3.8, 4) is 0 Å². The first-order valence-corrected chi connectivity index (χ1v) is 6.97. The van der Waals surface area contributed by atoms with Crippen molar-refractivity contribution in [2.24, 2.45) is 5.41 Å². The van der Waals surface area contributed by atoms with Crippen LogP contribution in [0.5, 0.6) is 0 Å². The van der Waals surface area contributed by atoms with E-state index in [9.17, 15) is 0 Å². The van der Waals surface area contributed by atoms with E-state index in [-0.39, 0.29) is 0 Å². The molecule has 0 radical (unpaired) electrons. The van der Waals surface area contributed by atoms with Crippen molar-refractivity contribution in [2.75, 3.05) is 5.33 Å². The van der Waals surface area contributed by atoms with Gasteiger partial charge in [-0.3, -0.25) is 0 Å². The summed E-state index contributed by atoms with van der Waals surface area (Å²) in [5, 5.41) is 1.93. The van der Waals surface area contributed by atoms with Crippen LogP contribution < -0.4 is 0 Å². The number of alkyl halides is 1. The summed E-state index contributed by atoms with van der Waals surface area (Å²) in [4.78, 5) is 0. The van der Waals surface area contributed by atoms with Gasteiger partial charge in [-0.15, -0.1) is 0 Å². The lowest BCUT2D eigenvalue weighted by Gasteiger charge is -2.30. The van der Waals surface area contributed by atoms with Crippen LogP contribution in [0.15, 0.2) is 24.3 Å². The van der Waals surface area contributed by atoms with Gasteiger partial charge in [-0.25, -0.2) is 0 Å². The Morgan fingerprint density at radius 1 is 1.20 bits per heavy atom. The molecule has 0 fully saturated rings. The second-order valence-corrected chi connectivity index (χ2v) is 5.08. The average molecular weight is 290 g/mol. The number of hydrogen-bond donors (Lipinski definition) is 0. The van der Waals surface area contributed by atoms with Crippen molar-refractivity contribution in [1.29, 1.82) is 0 Å². The minimum Gasteiger partial charge on any atom is -0.0922 e. The van der Waals surface area contributed by atoms with Gasteiger partial charge in [-0.2, -0.15) is 0 Å². The van der Waals surface area contributed by atoms with Gasteiger partial charge in [0.25, 0.3) is 0 Å². The number of hydrogen-bond acceptors (Lipinski definition) is 0. The summed E-state index contributed by atoms with van der Waals surface area (Å²) < 4.78 is 0. The number of rotatable bonds is 5. The van der Waals surface area contributed by atoms with Gasteiger partial charge in [0.15, 0.2) is 0 Å². The first kappa shape index (κ1) is 13.1. The predicted octanol–water partition coefficient (Wildman–Crippen LogP) is 5.08. The third kappa shape index (κ3) is 3.22. The van der Waals surface area contributed by atoms with Crippen molar-refractivity contribution in [3.63, 3.8) is 0 Å². The topological polar surface area (TPSA) is 0 Å². The summed E-state index contributed by atoms with van der Waals surface area (Å²) in [5.41, 5.74) is 1.62. The smallest absolute Gasteiger partial charge is 0.0438 e. The molecule has 0 aliphatic heterocycles. The van der Waals surface area contributed by atoms with Crippen LogP contribution in [-0.2, 0) is 6.42 Å². The van der Waals surface area contributed by atoms with E-state index in [1.807, 2.05) is 12.1 Å². The predicted molar refractivity (Wildman–Crippen MR) is 72.0 cm³/mol. The highest BCUT2D eigenvalue weighted by molar-refractivity contribution is 9.09. The number of benzene rings is 1. The van der Waals surface area contributed by atoms with Crippen molar-refractivity contribution < 1.29 is 0 Å². The third-order valence-corrected chi connectivity index (χ3v) is 4.86. The quantitative estimate of drug-likeness (QED) is 0.663. The molecule has 0 saturated heterocycles. The fourth-order valence-corrected chi connectivity index (χ4v) is 2.98. The van der Waals surface area contributed by atoms with Crippen molar-refractivity contribution in [1.82, 2.24) is 0 Å². The molecule has 1 rings (SSSR count). The van der Waals surface area contributed by atoms with Gasteiger partial charge < -0.3 is 0 Å². The molecular formula is C13H18BrCl. The van der Waals surface area contributed by atoms with Crippen molar-refractivity contribution in [3.05, 3.63) is 34.9 Å². The van der Waals surface area contributed by atoms with E-state index in [1.165, 1.54) is 18.4 Å². The van der Waals surface area contributed by atoms with Crippen molar-refractivity contribution >= 4 is 27.5 Å². The molecule has 15 heavy (non-hydrogen) atoms. The Bertz CT molecular complexity index is 297. The lowest BCUT2D eigenvalue weighted by molar-refractivity contribution is 0.307. The van der Waals surface area contributed by atoms with E-state index in [0.29, 0.717) is 5.41 Å². The van der Waals surface area contributed by atoms with Gasteiger partial charge in [-0.1, -0.05) is 59.6 Å². The Morgan fingerprint density at radius 3 is 2.27 bits per heavy atom. The molecule has 0 N–H and O–H groups in total. The fraction of sp³-hybridized carbons (Fsp3) is 0.538. The van der Waals surface area contributed by atoms with E-state index in [1.54, 1.807) is 0 Å². The molecule has 0 amide bonds. The Labute approximate surface area is 106 Å². The molecule has 0 aliphatic carbocycles. The van der Waals surface area contributed by atoms with Crippen LogP contribution in [0.4, 0.5) is 0 Å². The first-order chi connectivity index (χ1) is 7.17. The summed E-state index contributed by atoms with van der Waals surface area (Å²) in [5.74, 6) is 0. The van der Waals surface area contributed by atoms with Crippen LogP contribution in [0.25, 0.3) is 0 Å². The summed E-state index contributed by atoms with van der Waals surface area (Å²) >= 11 is 9.82. The largest absolute Gasteiger partial charge is 0.0922 e. The first-order valence-electron chi connectivity index (χ1n) is 5.47. The highest BCUT2D eigenvalue weighted by Gasteiger charge is 2.25. The van der Waals surface area contributed by atoms with Gasteiger partial charge in [0.2, 0.25) is 0 Å². The minimum absolute atomic E-state index is 0.352. The van der Waals surface area contributed by atoms with Crippen LogP contribution in [0, 0.1) is 5.41 Å². The van der Waals surface area contributed by atoms with Gasteiger partial charge in [0.1, 0.15) is 0 Å². The monoisotopic (exact) mass is 288 g/mol. The van der Waals surface area contributed by atoms with Crippen molar-refractivity contribution in [2.45, 2.75) is 33.1 Å². The van der Waals surface area contributed by atoms with E-state index in [4.69, 9.17) is 11.6 Å². The average Bonchev–Trinajstić information content (AvgIpc) is 2.29. The zero-order valence-corrected chi connectivity index (χ0v) is 11.7. The molecule has 1 aromatic rings. The number of halogens is 2. The lowest BCUT2D eigenvalue weighted by Crippen LogP contribution is -2.23. The molecule has 84 valence electrons. The zero-order valence-electron chi connectivity index (χ0n) is 9.39. The van der Waals surface area contributed by atoms with E-state index < -0.39 is 0 Å². The highest BCUT2D eigenvalue weighted by atomic mass is 79.9. The Morgan fingerprint density at radius 2 is 1.80 bits per heavy atom. The zero-order chi connectivity index (χ0) is 11.3. The Balaban J connectivity index is 2.88. The minimum atomic E-state index is 0.352. The summed E-state index contributed by atoms with van der Waals surface area (Å²) in [6, 6.07) is 8.15. The Kier molecular flexibility index (Phi) is 5.14. The molecule has 2 heteroatoms. The second-order valence-electron chi connectivity index (χ2n) is 4.11. The molecule has 0 unspecified atom stereocenters. The Hall–Kier alpha value is -0.0100. The standard InChI is InChI=1S/C13H18BrCl/c1-3-13(4-2,10-14)9-11-7-5-6-8-12(11)15/h5-8H,3-4,9-10H2,1-2H3. The summed E-state index contributed by atoms with van der Waals surface area (Å²) in [7, 11) is 0. The maximum Gasteiger partial charge on any atom is 0.0438 e. The molecule has 0 saturated carbocycles. The molecule has 1 aromatic carbocycles. The van der Waals surface area contributed by atoms with E-state index in [2.05, 4.69) is 41.9 Å². The fourth-order valence-electron chi connectivity index (χ4n) is 1.78. The van der Waals surface area contributed by atoms with E-state index in [0.717, 1.165) is 16.8 Å². The molecule has 0 nitrogen and oxygen atoms in total. The molecule has 0 aliphatic rings. The molecule has 0 aromatic heterocycles. The van der Waals surface area contributed by atoms with Crippen LogP contribution >= 0.6 is 27.5 Å². The lowest BCUT2D eigenvalue weighted by atomic mass is 9.79. The summed E-state index contributed by atoms with van der Waals surface area (Å²) in [6.45, 7) is 4.50. The van der Waals surface area contributed by atoms with Gasteiger partial charge in [0.05, 0.1) is 0 Å². The highest BCUT2D eigenvalue weighted by Crippen LogP contribution is 2.34.